The molecule has 0 aliphatic carbocycles. The highest BCUT2D eigenvalue weighted by Crippen LogP contribution is 2.17. The zero-order valence-corrected chi connectivity index (χ0v) is 9.08. The van der Waals surface area contributed by atoms with E-state index in [9.17, 15) is 4.79 Å². The molecule has 0 radical (unpaired) electrons. The van der Waals surface area contributed by atoms with E-state index in [0.717, 1.165) is 0 Å². The number of amides is 1. The standard InChI is InChI=1S/C8H12N4O2S/c1-9-6-3-14-2-5(6)7(13)11-8-12-10-4-15-8/h4-6,9H,2-3H2,1H3,(H,11,12,13). The van der Waals surface area contributed by atoms with Crippen molar-refractivity contribution in [2.24, 2.45) is 5.92 Å². The second-order valence-corrected chi connectivity index (χ2v) is 4.11. The number of rotatable bonds is 3. The Morgan fingerprint density at radius 2 is 2.53 bits per heavy atom. The van der Waals surface area contributed by atoms with Gasteiger partial charge in [-0.3, -0.25) is 4.79 Å². The van der Waals surface area contributed by atoms with E-state index in [1.807, 2.05) is 7.05 Å². The maximum Gasteiger partial charge on any atom is 0.233 e. The van der Waals surface area contributed by atoms with Gasteiger partial charge in [-0.25, -0.2) is 0 Å². The van der Waals surface area contributed by atoms with Crippen molar-refractivity contribution in [2.45, 2.75) is 6.04 Å². The molecule has 0 aromatic carbocycles. The molecular weight excluding hydrogens is 216 g/mol. The lowest BCUT2D eigenvalue weighted by molar-refractivity contribution is -0.120. The second-order valence-electron chi connectivity index (χ2n) is 3.27. The summed E-state index contributed by atoms with van der Waals surface area (Å²) in [6, 6.07) is 0.0814. The van der Waals surface area contributed by atoms with Crippen LogP contribution in [0.15, 0.2) is 5.51 Å². The fourth-order valence-electron chi connectivity index (χ4n) is 1.52. The first-order chi connectivity index (χ1) is 7.31. The smallest absolute Gasteiger partial charge is 0.233 e. The van der Waals surface area contributed by atoms with E-state index in [1.165, 1.54) is 11.3 Å². The second kappa shape index (κ2) is 4.65. The van der Waals surface area contributed by atoms with Crippen molar-refractivity contribution in [3.05, 3.63) is 5.51 Å². The van der Waals surface area contributed by atoms with Crippen LogP contribution in [0, 0.1) is 5.92 Å². The molecule has 1 amide bonds. The summed E-state index contributed by atoms with van der Waals surface area (Å²) in [6.45, 7) is 1.03. The zero-order valence-electron chi connectivity index (χ0n) is 8.27. The Labute approximate surface area is 91.0 Å². The molecule has 0 bridgehead atoms. The molecule has 0 saturated carbocycles. The van der Waals surface area contributed by atoms with Crippen LogP contribution in [0.25, 0.3) is 0 Å². The molecule has 1 aliphatic rings. The summed E-state index contributed by atoms with van der Waals surface area (Å²) in [5.74, 6) is -0.220. The van der Waals surface area contributed by atoms with Gasteiger partial charge in [-0.2, -0.15) is 0 Å². The van der Waals surface area contributed by atoms with Crippen LogP contribution in [0.4, 0.5) is 5.13 Å². The summed E-state index contributed by atoms with van der Waals surface area (Å²) in [5.41, 5.74) is 1.58. The lowest BCUT2D eigenvalue weighted by Gasteiger charge is -2.14. The van der Waals surface area contributed by atoms with Crippen LogP contribution >= 0.6 is 11.3 Å². The van der Waals surface area contributed by atoms with Gasteiger partial charge < -0.3 is 15.4 Å². The van der Waals surface area contributed by atoms with E-state index in [0.29, 0.717) is 18.3 Å². The van der Waals surface area contributed by atoms with Crippen molar-refractivity contribution >= 4 is 22.4 Å². The molecule has 15 heavy (non-hydrogen) atoms. The third kappa shape index (κ3) is 2.31. The van der Waals surface area contributed by atoms with Gasteiger partial charge in [0.1, 0.15) is 5.51 Å². The first kappa shape index (κ1) is 10.5. The Kier molecular flexibility index (Phi) is 3.24. The molecule has 1 aliphatic heterocycles. The van der Waals surface area contributed by atoms with E-state index in [4.69, 9.17) is 4.74 Å². The lowest BCUT2D eigenvalue weighted by Crippen LogP contribution is -2.39. The maximum absolute atomic E-state index is 11.8. The van der Waals surface area contributed by atoms with Gasteiger partial charge in [0, 0.05) is 6.04 Å². The van der Waals surface area contributed by atoms with Crippen LogP contribution in [-0.2, 0) is 9.53 Å². The maximum atomic E-state index is 11.8. The highest BCUT2D eigenvalue weighted by atomic mass is 32.1. The van der Waals surface area contributed by atoms with Crippen LogP contribution < -0.4 is 10.6 Å². The minimum absolute atomic E-state index is 0.0661. The summed E-state index contributed by atoms with van der Waals surface area (Å²) >= 11 is 1.30. The minimum Gasteiger partial charge on any atom is -0.379 e. The van der Waals surface area contributed by atoms with E-state index < -0.39 is 0 Å². The molecule has 2 heterocycles. The van der Waals surface area contributed by atoms with Crippen molar-refractivity contribution in [3.63, 3.8) is 0 Å². The minimum atomic E-state index is -0.154. The highest BCUT2D eigenvalue weighted by molar-refractivity contribution is 7.13. The number of nitrogens with zero attached hydrogens (tertiary/aromatic N) is 2. The topological polar surface area (TPSA) is 76.1 Å². The summed E-state index contributed by atoms with van der Waals surface area (Å²) in [6.07, 6.45) is 0. The molecule has 1 aromatic heterocycles. The molecule has 2 unspecified atom stereocenters. The van der Waals surface area contributed by atoms with Gasteiger partial charge in [0.15, 0.2) is 0 Å². The summed E-state index contributed by atoms with van der Waals surface area (Å²) in [5, 5.41) is 13.7. The van der Waals surface area contributed by atoms with E-state index in [1.54, 1.807) is 5.51 Å². The van der Waals surface area contributed by atoms with Gasteiger partial charge in [0.25, 0.3) is 0 Å². The van der Waals surface area contributed by atoms with Crippen molar-refractivity contribution in [1.29, 1.82) is 0 Å². The van der Waals surface area contributed by atoms with Crippen molar-refractivity contribution < 1.29 is 9.53 Å². The van der Waals surface area contributed by atoms with Gasteiger partial charge in [0.2, 0.25) is 11.0 Å². The lowest BCUT2D eigenvalue weighted by atomic mass is 10.0. The number of ether oxygens (including phenoxy) is 1. The van der Waals surface area contributed by atoms with Crippen molar-refractivity contribution in [2.75, 3.05) is 25.6 Å². The molecule has 6 nitrogen and oxygen atoms in total. The third-order valence-electron chi connectivity index (χ3n) is 2.38. The third-order valence-corrected chi connectivity index (χ3v) is 2.98. The van der Waals surface area contributed by atoms with Gasteiger partial charge in [-0.15, -0.1) is 10.2 Å². The fourth-order valence-corrected chi connectivity index (χ4v) is 1.97. The Morgan fingerprint density at radius 3 is 3.20 bits per heavy atom. The number of likely N-dealkylation sites (N-methyl/N-ethyl adjacent to an activating group) is 1. The number of aromatic nitrogens is 2. The van der Waals surface area contributed by atoms with E-state index in [2.05, 4.69) is 20.8 Å². The number of anilines is 1. The first-order valence-electron chi connectivity index (χ1n) is 4.63. The largest absolute Gasteiger partial charge is 0.379 e. The SMILES string of the molecule is CNC1COCC1C(=O)Nc1nncs1. The first-order valence-corrected chi connectivity index (χ1v) is 5.51. The van der Waals surface area contributed by atoms with Gasteiger partial charge >= 0.3 is 0 Å². The van der Waals surface area contributed by atoms with Crippen molar-refractivity contribution in [3.8, 4) is 0 Å². The van der Waals surface area contributed by atoms with Gasteiger partial charge in [-0.1, -0.05) is 11.3 Å². The molecule has 82 valence electrons. The molecule has 1 saturated heterocycles. The molecule has 7 heteroatoms. The molecule has 0 spiro atoms. The van der Waals surface area contributed by atoms with Gasteiger partial charge in [0.05, 0.1) is 19.1 Å². The molecule has 1 fully saturated rings. The zero-order chi connectivity index (χ0) is 10.7. The average Bonchev–Trinajstić information content (AvgIpc) is 2.86. The summed E-state index contributed by atoms with van der Waals surface area (Å²) in [7, 11) is 1.82. The average molecular weight is 228 g/mol. The number of carbonyl (C=O) groups is 1. The number of nitrogens with one attached hydrogen (secondary N) is 2. The van der Waals surface area contributed by atoms with Crippen LogP contribution in [-0.4, -0.2) is 42.4 Å². The number of hydrogen-bond donors (Lipinski definition) is 2. The molecular formula is C8H12N4O2S. The van der Waals surface area contributed by atoms with E-state index in [-0.39, 0.29) is 17.9 Å². The van der Waals surface area contributed by atoms with Crippen molar-refractivity contribution in [1.82, 2.24) is 15.5 Å². The fraction of sp³-hybridized carbons (Fsp3) is 0.625. The summed E-state index contributed by atoms with van der Waals surface area (Å²) in [4.78, 5) is 11.8. The molecule has 2 atom stereocenters. The predicted molar refractivity (Wildman–Crippen MR) is 55.7 cm³/mol. The van der Waals surface area contributed by atoms with Crippen LogP contribution in [0.3, 0.4) is 0 Å². The Morgan fingerprint density at radius 1 is 1.67 bits per heavy atom. The quantitative estimate of drug-likeness (QED) is 0.743. The normalized spacial score (nSPS) is 25.4. The molecule has 2 N–H and O–H groups in total. The molecule has 1 aromatic rings. The highest BCUT2D eigenvalue weighted by Gasteiger charge is 2.33. The Hall–Kier alpha value is -1.05. The van der Waals surface area contributed by atoms with Crippen LogP contribution in [0.5, 0.6) is 0 Å². The Bertz CT molecular complexity index is 329. The van der Waals surface area contributed by atoms with Gasteiger partial charge in [-0.05, 0) is 7.05 Å². The van der Waals surface area contributed by atoms with Crippen LogP contribution in [0.2, 0.25) is 0 Å². The number of carbonyl (C=O) groups excluding carboxylic acids is 1. The predicted octanol–water partition coefficient (Wildman–Crippen LogP) is -0.289. The Balaban J connectivity index is 1.96. The summed E-state index contributed by atoms with van der Waals surface area (Å²) < 4.78 is 5.24. The number of hydrogen-bond acceptors (Lipinski definition) is 6. The van der Waals surface area contributed by atoms with E-state index >= 15 is 0 Å². The van der Waals surface area contributed by atoms with Crippen LogP contribution in [0.1, 0.15) is 0 Å². The monoisotopic (exact) mass is 228 g/mol. The molecule has 2 rings (SSSR count).